The molecule has 0 fully saturated rings. The zero-order chi connectivity index (χ0) is 22.5. The highest BCUT2D eigenvalue weighted by Gasteiger charge is 2.27. The number of methoxy groups -OCH3 is 1. The summed E-state index contributed by atoms with van der Waals surface area (Å²) in [6.45, 7) is -0.464. The lowest BCUT2D eigenvalue weighted by Crippen LogP contribution is -2.42. The molecule has 0 bridgehead atoms. The Morgan fingerprint density at radius 2 is 2.13 bits per heavy atom. The summed E-state index contributed by atoms with van der Waals surface area (Å²) < 4.78 is 34.9. The monoisotopic (exact) mass is 453 g/mol. The second-order valence-corrected chi connectivity index (χ2v) is 7.16. The van der Waals surface area contributed by atoms with Crippen LogP contribution in [0.2, 0.25) is 0 Å². The number of halogens is 2. The van der Waals surface area contributed by atoms with Crippen LogP contribution in [0.1, 0.15) is 29.3 Å². The van der Waals surface area contributed by atoms with Gasteiger partial charge in [0.2, 0.25) is 0 Å². The summed E-state index contributed by atoms with van der Waals surface area (Å²) in [6.07, 6.45) is 1.67. The largest absolute Gasteiger partial charge is 0.474 e. The normalized spacial score (nSPS) is 15.8. The maximum absolute atomic E-state index is 15.0. The van der Waals surface area contributed by atoms with Gasteiger partial charge in [0, 0.05) is 24.8 Å². The third kappa shape index (κ3) is 5.03. The fourth-order valence-corrected chi connectivity index (χ4v) is 3.43. The van der Waals surface area contributed by atoms with Gasteiger partial charge in [-0.15, -0.1) is 5.10 Å². The zero-order valence-electron chi connectivity index (χ0n) is 16.5. The first-order chi connectivity index (χ1) is 14.8. The van der Waals surface area contributed by atoms with E-state index in [1.807, 2.05) is 0 Å². The molecular formula is C19H21F2N5O4S. The van der Waals surface area contributed by atoms with Crippen molar-refractivity contribution in [3.05, 3.63) is 52.9 Å². The smallest absolute Gasteiger partial charge is 0.257 e. The number of aromatic amines is 1. The third-order valence-electron chi connectivity index (χ3n) is 4.88. The molecule has 12 heteroatoms. The molecule has 2 atom stereocenters. The molecule has 3 rings (SSSR count). The van der Waals surface area contributed by atoms with E-state index < -0.39 is 36.3 Å². The molecule has 2 aromatic rings. The highest BCUT2D eigenvalue weighted by Crippen LogP contribution is 2.31. The molecule has 1 aliphatic heterocycles. The summed E-state index contributed by atoms with van der Waals surface area (Å²) in [5, 5.41) is 31.3. The molecule has 0 saturated carbocycles. The number of aromatic nitrogens is 3. The molecule has 9 nitrogen and oxygen atoms in total. The number of aliphatic hydroxyl groups is 2. The summed E-state index contributed by atoms with van der Waals surface area (Å²) in [6, 6.07) is 1.56. The predicted molar refractivity (Wildman–Crippen MR) is 110 cm³/mol. The van der Waals surface area contributed by atoms with Crippen LogP contribution >= 0.6 is 12.2 Å². The molecule has 0 spiro atoms. The minimum atomic E-state index is -1.51. The van der Waals surface area contributed by atoms with E-state index in [1.165, 1.54) is 36.4 Å². The molecular weight excluding hydrogens is 432 g/mol. The van der Waals surface area contributed by atoms with Gasteiger partial charge in [0.05, 0.1) is 13.7 Å². The first-order valence-electron chi connectivity index (χ1n) is 9.32. The Morgan fingerprint density at radius 1 is 1.42 bits per heavy atom. The maximum Gasteiger partial charge on any atom is 0.257 e. The number of carbonyl (C=O) groups is 1. The zero-order valence-corrected chi connectivity index (χ0v) is 17.3. The number of aliphatic hydroxyl groups excluding tert-OH is 2. The molecule has 1 amide bonds. The van der Waals surface area contributed by atoms with Crippen molar-refractivity contribution in [2.24, 2.45) is 0 Å². The molecule has 1 aliphatic rings. The average molecular weight is 453 g/mol. The fourth-order valence-electron chi connectivity index (χ4n) is 3.31. The van der Waals surface area contributed by atoms with E-state index in [4.69, 9.17) is 22.1 Å². The number of H-pyrrole nitrogens is 1. The van der Waals surface area contributed by atoms with Crippen LogP contribution in [0.5, 0.6) is 0 Å². The van der Waals surface area contributed by atoms with Crippen molar-refractivity contribution in [2.75, 3.05) is 26.8 Å². The van der Waals surface area contributed by atoms with Crippen LogP contribution in [-0.2, 0) is 9.53 Å². The number of thiocarbonyl (C=S) groups is 1. The molecule has 166 valence electrons. The van der Waals surface area contributed by atoms with Crippen LogP contribution in [0.4, 0.5) is 8.78 Å². The van der Waals surface area contributed by atoms with Crippen LogP contribution in [0.15, 0.2) is 24.4 Å². The Kier molecular flexibility index (Phi) is 7.25. The molecule has 1 aromatic heterocycles. The Labute approximate surface area is 181 Å². The second kappa shape index (κ2) is 9.90. The van der Waals surface area contributed by atoms with E-state index in [0.29, 0.717) is 11.3 Å². The highest BCUT2D eigenvalue weighted by atomic mass is 32.1. The quantitative estimate of drug-likeness (QED) is 0.471. The molecule has 2 heterocycles. The summed E-state index contributed by atoms with van der Waals surface area (Å²) in [5.74, 6) is -2.20. The van der Waals surface area contributed by atoms with Crippen LogP contribution in [0, 0.1) is 11.6 Å². The van der Waals surface area contributed by atoms with Gasteiger partial charge in [0.1, 0.15) is 23.4 Å². The number of nitrogens with one attached hydrogen (secondary N) is 2. The van der Waals surface area contributed by atoms with Crippen LogP contribution in [0.3, 0.4) is 0 Å². The topological polar surface area (TPSA) is 124 Å². The van der Waals surface area contributed by atoms with Gasteiger partial charge in [-0.2, -0.15) is 0 Å². The van der Waals surface area contributed by atoms with Crippen LogP contribution in [-0.4, -0.2) is 74.5 Å². The third-order valence-corrected chi connectivity index (χ3v) is 5.16. The van der Waals surface area contributed by atoms with Crippen molar-refractivity contribution in [1.29, 1.82) is 0 Å². The highest BCUT2D eigenvalue weighted by molar-refractivity contribution is 7.80. The van der Waals surface area contributed by atoms with E-state index in [9.17, 15) is 18.7 Å². The van der Waals surface area contributed by atoms with Gasteiger partial charge < -0.3 is 25.2 Å². The van der Waals surface area contributed by atoms with E-state index in [-0.39, 0.29) is 35.8 Å². The second-order valence-electron chi connectivity index (χ2n) is 6.79. The fraction of sp³-hybridized carbons (Fsp3) is 0.368. The SMILES string of the molecule is COC(=S)NC(c1cc(F)c(C2=CCN(C(=O)C(O)CO)CC2)c(F)c1)c1c[nH]nn1. The van der Waals surface area contributed by atoms with E-state index in [0.717, 1.165) is 0 Å². The predicted octanol–water partition coefficient (Wildman–Crippen LogP) is 0.662. The van der Waals surface area contributed by atoms with Gasteiger partial charge in [-0.3, -0.25) is 9.89 Å². The standard InChI is InChI=1S/C19H21F2N5O4S/c1-30-19(31)23-17(14-8-22-25-24-14)11-6-12(20)16(13(21)7-11)10-2-4-26(5-3-10)18(29)15(28)9-27/h2,6-8,15,17,27-28H,3-5,9H2,1H3,(H,23,31)(H,22,24,25). The van der Waals surface area contributed by atoms with Crippen molar-refractivity contribution in [2.45, 2.75) is 18.6 Å². The van der Waals surface area contributed by atoms with Gasteiger partial charge >= 0.3 is 0 Å². The number of rotatable bonds is 6. The minimum Gasteiger partial charge on any atom is -0.474 e. The number of hydrogen-bond acceptors (Lipinski definition) is 7. The maximum atomic E-state index is 15.0. The summed E-state index contributed by atoms with van der Waals surface area (Å²) in [7, 11) is 1.36. The molecule has 31 heavy (non-hydrogen) atoms. The van der Waals surface area contributed by atoms with Gasteiger partial charge in [-0.05, 0) is 41.9 Å². The Hall–Kier alpha value is -2.96. The summed E-state index contributed by atoms with van der Waals surface area (Å²) in [4.78, 5) is 13.3. The van der Waals surface area contributed by atoms with E-state index in [1.54, 1.807) is 0 Å². The molecule has 4 N–H and O–H groups in total. The van der Waals surface area contributed by atoms with E-state index in [2.05, 4.69) is 20.7 Å². The van der Waals surface area contributed by atoms with Gasteiger partial charge in [-0.1, -0.05) is 11.3 Å². The van der Waals surface area contributed by atoms with Crippen LogP contribution in [0.25, 0.3) is 5.57 Å². The average Bonchev–Trinajstić information content (AvgIpc) is 3.30. The van der Waals surface area contributed by atoms with E-state index >= 15 is 0 Å². The van der Waals surface area contributed by atoms with Crippen molar-refractivity contribution >= 4 is 28.9 Å². The van der Waals surface area contributed by atoms with Gasteiger partial charge in [-0.25, -0.2) is 8.78 Å². The number of nitrogens with zero attached hydrogens (tertiary/aromatic N) is 3. The summed E-state index contributed by atoms with van der Waals surface area (Å²) >= 11 is 5.00. The number of ether oxygens (including phenoxy) is 1. The van der Waals surface area contributed by atoms with Gasteiger partial charge in [0.15, 0.2) is 6.10 Å². The lowest BCUT2D eigenvalue weighted by molar-refractivity contribution is -0.141. The molecule has 0 radical (unpaired) electrons. The number of hydrogen-bond donors (Lipinski definition) is 4. The van der Waals surface area contributed by atoms with Crippen LogP contribution < -0.4 is 5.32 Å². The Balaban J connectivity index is 1.87. The van der Waals surface area contributed by atoms with Crippen molar-refractivity contribution < 1.29 is 28.5 Å². The summed E-state index contributed by atoms with van der Waals surface area (Å²) in [5.41, 5.74) is 0.806. The molecule has 0 saturated heterocycles. The number of amides is 1. The Morgan fingerprint density at radius 3 is 2.65 bits per heavy atom. The van der Waals surface area contributed by atoms with Crippen molar-refractivity contribution in [3.8, 4) is 0 Å². The van der Waals surface area contributed by atoms with Gasteiger partial charge in [0.25, 0.3) is 11.1 Å². The van der Waals surface area contributed by atoms with Crippen molar-refractivity contribution in [1.82, 2.24) is 25.6 Å². The first-order valence-corrected chi connectivity index (χ1v) is 9.73. The minimum absolute atomic E-state index is 0.0164. The lowest BCUT2D eigenvalue weighted by atomic mass is 9.94. The molecule has 2 unspecified atom stereocenters. The van der Waals surface area contributed by atoms with Crippen molar-refractivity contribution in [3.63, 3.8) is 0 Å². The molecule has 1 aromatic carbocycles. The number of carbonyl (C=O) groups excluding carboxylic acids is 1. The first kappa shape index (κ1) is 22.7. The number of benzene rings is 1. The Bertz CT molecular complexity index is 963. The lowest BCUT2D eigenvalue weighted by Gasteiger charge is -2.28. The molecule has 0 aliphatic carbocycles.